The number of halogens is 1. The smallest absolute Gasteiger partial charge is 0.224 e. The van der Waals surface area contributed by atoms with Crippen molar-refractivity contribution >= 4 is 27.4 Å². The molecule has 0 saturated carbocycles. The number of aromatic nitrogens is 2. The Morgan fingerprint density at radius 1 is 1.53 bits per heavy atom. The molecule has 1 aromatic heterocycles. The largest absolute Gasteiger partial charge is 0.370 e. The predicted molar refractivity (Wildman–Crippen MR) is 58.1 cm³/mol. The molecule has 0 saturated heterocycles. The highest BCUT2D eigenvalue weighted by molar-refractivity contribution is 7.89. The van der Waals surface area contributed by atoms with Crippen LogP contribution in [0, 0.1) is 0 Å². The summed E-state index contributed by atoms with van der Waals surface area (Å²) < 4.78 is 21.2. The summed E-state index contributed by atoms with van der Waals surface area (Å²) in [6, 6.07) is 1.64. The third kappa shape index (κ3) is 5.50. The standard InChI is InChI=1S/C7H11ClN4O2S/c8-7-11-4-2-6(12-7)10-3-1-5-15(9,13)14/h2,4H,1,3,5H2,(H2,9,13,14)(H,10,11,12). The molecule has 15 heavy (non-hydrogen) atoms. The molecule has 3 N–H and O–H groups in total. The molecule has 1 aromatic rings. The van der Waals surface area contributed by atoms with Gasteiger partial charge in [0.1, 0.15) is 5.82 Å². The molecule has 0 spiro atoms. The summed E-state index contributed by atoms with van der Waals surface area (Å²) in [6.07, 6.45) is 1.93. The van der Waals surface area contributed by atoms with Gasteiger partial charge in [0.05, 0.1) is 5.75 Å². The van der Waals surface area contributed by atoms with Crippen LogP contribution in [0.2, 0.25) is 5.28 Å². The van der Waals surface area contributed by atoms with Crippen LogP contribution in [-0.4, -0.2) is 30.7 Å². The van der Waals surface area contributed by atoms with Gasteiger partial charge in [0.15, 0.2) is 0 Å². The van der Waals surface area contributed by atoms with Crippen molar-refractivity contribution in [2.45, 2.75) is 6.42 Å². The molecule has 1 rings (SSSR count). The van der Waals surface area contributed by atoms with Gasteiger partial charge in [0.25, 0.3) is 0 Å². The van der Waals surface area contributed by atoms with Gasteiger partial charge in [0.2, 0.25) is 15.3 Å². The van der Waals surface area contributed by atoms with Crippen molar-refractivity contribution in [1.82, 2.24) is 9.97 Å². The lowest BCUT2D eigenvalue weighted by Crippen LogP contribution is -2.18. The molecule has 1 heterocycles. The van der Waals surface area contributed by atoms with Gasteiger partial charge in [-0.3, -0.25) is 0 Å². The lowest BCUT2D eigenvalue weighted by molar-refractivity contribution is 0.595. The number of nitrogens with one attached hydrogen (secondary N) is 1. The number of anilines is 1. The second kappa shape index (κ2) is 5.24. The maximum Gasteiger partial charge on any atom is 0.224 e. The number of rotatable bonds is 5. The van der Waals surface area contributed by atoms with Crippen LogP contribution >= 0.6 is 11.6 Å². The van der Waals surface area contributed by atoms with Gasteiger partial charge in [-0.25, -0.2) is 23.5 Å². The van der Waals surface area contributed by atoms with Crippen LogP contribution in [0.15, 0.2) is 12.3 Å². The van der Waals surface area contributed by atoms with Crippen LogP contribution < -0.4 is 10.5 Å². The van der Waals surface area contributed by atoms with Crippen molar-refractivity contribution in [3.05, 3.63) is 17.5 Å². The first-order valence-corrected chi connectivity index (χ1v) is 6.29. The molecule has 8 heteroatoms. The number of hydrogen-bond donors (Lipinski definition) is 2. The highest BCUT2D eigenvalue weighted by Crippen LogP contribution is 2.05. The van der Waals surface area contributed by atoms with Crippen molar-refractivity contribution in [3.63, 3.8) is 0 Å². The van der Waals surface area contributed by atoms with E-state index in [9.17, 15) is 8.42 Å². The highest BCUT2D eigenvalue weighted by Gasteiger charge is 2.01. The first kappa shape index (κ1) is 12.2. The molecule has 0 fully saturated rings. The third-order valence-corrected chi connectivity index (χ3v) is 2.58. The maximum atomic E-state index is 10.6. The Kier molecular flexibility index (Phi) is 4.25. The van der Waals surface area contributed by atoms with Gasteiger partial charge in [-0.05, 0) is 24.1 Å². The summed E-state index contributed by atoms with van der Waals surface area (Å²) in [5.74, 6) is 0.503. The van der Waals surface area contributed by atoms with E-state index in [0.717, 1.165) is 0 Å². The highest BCUT2D eigenvalue weighted by atomic mass is 35.5. The third-order valence-electron chi connectivity index (χ3n) is 1.54. The number of nitrogens with zero attached hydrogens (tertiary/aromatic N) is 2. The molecule has 0 bridgehead atoms. The first-order valence-electron chi connectivity index (χ1n) is 4.20. The fourth-order valence-corrected chi connectivity index (χ4v) is 1.62. The lowest BCUT2D eigenvalue weighted by atomic mass is 10.4. The fourth-order valence-electron chi connectivity index (χ4n) is 0.923. The van der Waals surface area contributed by atoms with E-state index in [0.29, 0.717) is 18.8 Å². The summed E-state index contributed by atoms with van der Waals surface area (Å²) >= 11 is 5.55. The van der Waals surface area contributed by atoms with Crippen molar-refractivity contribution < 1.29 is 8.42 Å². The van der Waals surface area contributed by atoms with Crippen LogP contribution in [0.25, 0.3) is 0 Å². The summed E-state index contributed by atoms with van der Waals surface area (Å²) in [6.45, 7) is 0.462. The second-order valence-corrected chi connectivity index (χ2v) is 4.93. The van der Waals surface area contributed by atoms with E-state index in [2.05, 4.69) is 15.3 Å². The van der Waals surface area contributed by atoms with E-state index >= 15 is 0 Å². The Morgan fingerprint density at radius 3 is 2.87 bits per heavy atom. The van der Waals surface area contributed by atoms with Crippen LogP contribution in [0.4, 0.5) is 5.82 Å². The Labute approximate surface area is 92.9 Å². The monoisotopic (exact) mass is 250 g/mol. The SMILES string of the molecule is NS(=O)(=O)CCCNc1ccnc(Cl)n1. The van der Waals surface area contributed by atoms with Gasteiger partial charge in [-0.1, -0.05) is 0 Å². The fraction of sp³-hybridized carbons (Fsp3) is 0.429. The minimum Gasteiger partial charge on any atom is -0.370 e. The minimum absolute atomic E-state index is 0.0567. The summed E-state index contributed by atoms with van der Waals surface area (Å²) in [7, 11) is -3.39. The number of nitrogens with two attached hydrogens (primary N) is 1. The van der Waals surface area contributed by atoms with E-state index in [1.807, 2.05) is 0 Å². The topological polar surface area (TPSA) is 98.0 Å². The molecule has 84 valence electrons. The molecule has 0 aromatic carbocycles. The van der Waals surface area contributed by atoms with E-state index in [-0.39, 0.29) is 11.0 Å². The number of primary sulfonamides is 1. The molecule has 0 radical (unpaired) electrons. The zero-order chi connectivity index (χ0) is 11.3. The van der Waals surface area contributed by atoms with Crippen molar-refractivity contribution in [2.75, 3.05) is 17.6 Å². The van der Waals surface area contributed by atoms with Gasteiger partial charge in [-0.15, -0.1) is 0 Å². The molecule has 0 unspecified atom stereocenters. The summed E-state index contributed by atoms with van der Waals surface area (Å²) in [5, 5.41) is 7.88. The zero-order valence-corrected chi connectivity index (χ0v) is 9.42. The van der Waals surface area contributed by atoms with Gasteiger partial charge >= 0.3 is 0 Å². The molecule has 0 atom stereocenters. The molecule has 6 nitrogen and oxygen atoms in total. The lowest BCUT2D eigenvalue weighted by Gasteiger charge is -2.04. The van der Waals surface area contributed by atoms with Crippen molar-refractivity contribution in [2.24, 2.45) is 5.14 Å². The molecule has 0 aliphatic rings. The second-order valence-electron chi connectivity index (χ2n) is 2.86. The Morgan fingerprint density at radius 2 is 2.27 bits per heavy atom. The zero-order valence-electron chi connectivity index (χ0n) is 7.85. The van der Waals surface area contributed by atoms with Crippen LogP contribution in [0.1, 0.15) is 6.42 Å². The van der Waals surface area contributed by atoms with E-state index in [1.165, 1.54) is 6.20 Å². The average molecular weight is 251 g/mol. The van der Waals surface area contributed by atoms with Crippen LogP contribution in [0.3, 0.4) is 0 Å². The van der Waals surface area contributed by atoms with Gasteiger partial charge < -0.3 is 5.32 Å². The summed E-state index contributed by atoms with van der Waals surface area (Å²) in [5.41, 5.74) is 0. The number of sulfonamides is 1. The average Bonchev–Trinajstić information content (AvgIpc) is 2.11. The predicted octanol–water partition coefficient (Wildman–Crippen LogP) is 0.220. The van der Waals surface area contributed by atoms with Crippen molar-refractivity contribution in [1.29, 1.82) is 0 Å². The molecular weight excluding hydrogens is 240 g/mol. The Balaban J connectivity index is 2.32. The van der Waals surface area contributed by atoms with Crippen LogP contribution in [-0.2, 0) is 10.0 Å². The Bertz CT molecular complexity index is 423. The quantitative estimate of drug-likeness (QED) is 0.575. The molecule has 0 aliphatic carbocycles. The molecular formula is C7H11ClN4O2S. The van der Waals surface area contributed by atoms with E-state index in [1.54, 1.807) is 6.07 Å². The molecule has 0 aliphatic heterocycles. The van der Waals surface area contributed by atoms with Crippen LogP contribution in [0.5, 0.6) is 0 Å². The van der Waals surface area contributed by atoms with Gasteiger partial charge in [0, 0.05) is 12.7 Å². The maximum absolute atomic E-state index is 10.6. The number of hydrogen-bond acceptors (Lipinski definition) is 5. The minimum atomic E-state index is -3.39. The Hall–Kier alpha value is -0.920. The molecule has 0 amide bonds. The van der Waals surface area contributed by atoms with Crippen molar-refractivity contribution in [3.8, 4) is 0 Å². The van der Waals surface area contributed by atoms with E-state index in [4.69, 9.17) is 16.7 Å². The van der Waals surface area contributed by atoms with Gasteiger partial charge in [-0.2, -0.15) is 0 Å². The normalized spacial score (nSPS) is 11.3. The van der Waals surface area contributed by atoms with E-state index < -0.39 is 10.0 Å². The summed E-state index contributed by atoms with van der Waals surface area (Å²) in [4.78, 5) is 7.58. The first-order chi connectivity index (χ1) is 6.97.